The van der Waals surface area contributed by atoms with Crippen LogP contribution in [-0.4, -0.2) is 94.6 Å². The number of benzene rings is 1. The highest BCUT2D eigenvalue weighted by atomic mass is 17.1. The number of hydrogen-bond acceptors (Lipinski definition) is 15. The first-order chi connectivity index (χ1) is 25.7. The number of carbonyl (C=O) groups is 4. The average molecular weight is 757 g/mol. The van der Waals surface area contributed by atoms with Gasteiger partial charge in [-0.05, 0) is 93.1 Å². The SMILES string of the molecule is CCCC1O[C@@H]2CC3[C@@H]4CCC5=CC(=O)C=C[C@]5(C)C4[C@@H](O)C[C@]3(C)[C@]2(C(=O)COC(=O)Oc2ccc(CC(N)C(=O)OCCCCON(O)O)cc2)O1. The maximum absolute atomic E-state index is 14.4. The lowest BCUT2D eigenvalue weighted by Crippen LogP contribution is -2.63. The van der Waals surface area contributed by atoms with Gasteiger partial charge in [0, 0.05) is 16.7 Å². The molecule has 10 atom stereocenters. The fourth-order valence-corrected chi connectivity index (χ4v) is 10.0. The van der Waals surface area contributed by atoms with E-state index >= 15 is 0 Å². The topological polar surface area (TPSA) is 214 Å². The fraction of sp³-hybridized carbons (Fsp3) is 0.641. The van der Waals surface area contributed by atoms with Crippen molar-refractivity contribution in [3.8, 4) is 5.75 Å². The van der Waals surface area contributed by atoms with Gasteiger partial charge in [-0.3, -0.25) is 29.6 Å². The van der Waals surface area contributed by atoms with E-state index in [4.69, 9.17) is 39.8 Å². The van der Waals surface area contributed by atoms with Crippen LogP contribution < -0.4 is 10.5 Å². The molecule has 1 aromatic rings. The number of esters is 1. The number of aliphatic hydroxyl groups excluding tert-OH is 1. The summed E-state index contributed by atoms with van der Waals surface area (Å²) in [5.74, 6) is -1.00. The van der Waals surface area contributed by atoms with Crippen LogP contribution in [0.5, 0.6) is 5.75 Å². The predicted octanol–water partition coefficient (Wildman–Crippen LogP) is 4.15. The van der Waals surface area contributed by atoms with E-state index in [1.165, 1.54) is 12.1 Å². The van der Waals surface area contributed by atoms with Crippen LogP contribution in [0.15, 0.2) is 48.1 Å². The maximum atomic E-state index is 14.4. The first-order valence-corrected chi connectivity index (χ1v) is 18.9. The highest BCUT2D eigenvalue weighted by Gasteiger charge is 2.76. The summed E-state index contributed by atoms with van der Waals surface area (Å²) in [5, 5.41) is 28.5. The predicted molar refractivity (Wildman–Crippen MR) is 187 cm³/mol. The van der Waals surface area contributed by atoms with Crippen LogP contribution in [-0.2, 0) is 44.6 Å². The van der Waals surface area contributed by atoms with Gasteiger partial charge < -0.3 is 34.5 Å². The molecule has 5 N–H and O–H groups in total. The second kappa shape index (κ2) is 16.3. The molecule has 4 aliphatic carbocycles. The van der Waals surface area contributed by atoms with Crippen LogP contribution in [0.3, 0.4) is 0 Å². The van der Waals surface area contributed by atoms with Crippen LogP contribution in [0.2, 0.25) is 0 Å². The van der Waals surface area contributed by atoms with Crippen LogP contribution in [0.25, 0.3) is 0 Å². The molecule has 15 heteroatoms. The Morgan fingerprint density at radius 3 is 2.56 bits per heavy atom. The third kappa shape index (κ3) is 7.65. The van der Waals surface area contributed by atoms with Gasteiger partial charge in [0.15, 0.2) is 24.3 Å². The number of Topliss-reactive ketones (excluding diaryl/α,β-unsaturated/α-hetero) is 1. The Labute approximate surface area is 314 Å². The average Bonchev–Trinajstić information content (AvgIpc) is 3.61. The van der Waals surface area contributed by atoms with Crippen molar-refractivity contribution in [2.24, 2.45) is 34.3 Å². The highest BCUT2D eigenvalue weighted by molar-refractivity contribution is 6.01. The number of allylic oxidation sites excluding steroid dienone is 4. The fourth-order valence-electron chi connectivity index (χ4n) is 10.0. The van der Waals surface area contributed by atoms with Gasteiger partial charge in [-0.25, -0.2) is 4.79 Å². The largest absolute Gasteiger partial charge is 0.514 e. The van der Waals surface area contributed by atoms with Crippen molar-refractivity contribution in [1.29, 1.82) is 0 Å². The molecule has 296 valence electrons. The number of carbonyl (C=O) groups excluding carboxylic acids is 4. The van der Waals surface area contributed by atoms with Gasteiger partial charge in [0.25, 0.3) is 0 Å². The Hall–Kier alpha value is -3.54. The minimum absolute atomic E-state index is 0.0147. The molecule has 0 aromatic heterocycles. The zero-order chi connectivity index (χ0) is 38.8. The van der Waals surface area contributed by atoms with E-state index in [0.717, 1.165) is 24.8 Å². The molecule has 1 heterocycles. The molecular formula is C39H52N2O13. The zero-order valence-corrected chi connectivity index (χ0v) is 31.0. The van der Waals surface area contributed by atoms with Gasteiger partial charge in [0.2, 0.25) is 5.78 Å². The van der Waals surface area contributed by atoms with Crippen LogP contribution in [0.1, 0.15) is 77.7 Å². The first kappa shape index (κ1) is 40.1. The molecule has 4 fully saturated rings. The molecule has 15 nitrogen and oxygen atoms in total. The standard InChI is InChI=1S/C39H52N2O13/c1-4-7-33-53-32-20-28-27-13-10-24-19-25(42)14-15-37(24,2)34(27)30(43)21-38(28,3)39(32,54-33)31(44)22-50-36(46)52-26-11-8-23(9-12-26)18-29(40)35(45)49-16-5-6-17-51-41(47)48/h8-9,11-12,14-15,19,27-30,32-34,43,47-48H,4-7,10,13,16-18,20-22,40H2,1-3H3/t27-,28?,29?,30-,32+,33?,34?,37-,38-,39+/m0/s1. The summed E-state index contributed by atoms with van der Waals surface area (Å²) in [4.78, 5) is 56.2. The van der Waals surface area contributed by atoms with Gasteiger partial charge in [0.05, 0.1) is 30.8 Å². The van der Waals surface area contributed by atoms with Crippen molar-refractivity contribution in [1.82, 2.24) is 5.39 Å². The van der Waals surface area contributed by atoms with Crippen molar-refractivity contribution in [3.05, 3.63) is 53.6 Å². The Morgan fingerprint density at radius 1 is 1.09 bits per heavy atom. The van der Waals surface area contributed by atoms with Crippen LogP contribution >= 0.6 is 0 Å². The van der Waals surface area contributed by atoms with E-state index in [1.54, 1.807) is 24.3 Å². The van der Waals surface area contributed by atoms with E-state index in [9.17, 15) is 24.3 Å². The number of aliphatic hydroxyl groups is 1. The normalized spacial score (nSPS) is 34.3. The summed E-state index contributed by atoms with van der Waals surface area (Å²) in [6.07, 6.45) is 6.97. The number of fused-ring (bicyclic) bond motifs is 7. The number of ketones is 2. The number of ether oxygens (including phenoxy) is 5. The molecule has 3 saturated carbocycles. The third-order valence-corrected chi connectivity index (χ3v) is 12.4. The lowest BCUT2D eigenvalue weighted by molar-refractivity contribution is -0.492. The molecule has 1 aliphatic heterocycles. The zero-order valence-electron chi connectivity index (χ0n) is 31.0. The molecule has 0 bridgehead atoms. The molecule has 0 amide bonds. The number of hydrogen-bond donors (Lipinski definition) is 4. The van der Waals surface area contributed by atoms with E-state index in [-0.39, 0.29) is 60.7 Å². The van der Waals surface area contributed by atoms with Gasteiger partial charge in [0.1, 0.15) is 11.8 Å². The van der Waals surface area contributed by atoms with Gasteiger partial charge in [-0.15, -0.1) is 0 Å². The Kier molecular flexibility index (Phi) is 12.1. The van der Waals surface area contributed by atoms with E-state index in [2.05, 4.69) is 11.8 Å². The Bertz CT molecular complexity index is 1630. The smallest absolute Gasteiger partial charge is 0.465 e. The number of unbranched alkanes of at least 4 members (excludes halogenated alkanes) is 1. The van der Waals surface area contributed by atoms with Crippen LogP contribution in [0.4, 0.5) is 4.79 Å². The Morgan fingerprint density at radius 2 is 1.83 bits per heavy atom. The van der Waals surface area contributed by atoms with Crippen LogP contribution in [0, 0.1) is 28.6 Å². The summed E-state index contributed by atoms with van der Waals surface area (Å²) in [5.41, 5.74) is 5.02. The van der Waals surface area contributed by atoms with E-state index in [1.807, 2.05) is 19.9 Å². The molecule has 0 radical (unpaired) electrons. The number of rotatable bonds is 15. The molecule has 4 unspecified atom stereocenters. The summed E-state index contributed by atoms with van der Waals surface area (Å²) in [6, 6.07) is 5.38. The minimum Gasteiger partial charge on any atom is -0.465 e. The molecule has 5 aliphatic rings. The van der Waals surface area contributed by atoms with Gasteiger partial charge in [-0.1, -0.05) is 51.0 Å². The van der Waals surface area contributed by atoms with Crippen molar-refractivity contribution in [2.45, 2.75) is 109 Å². The lowest BCUT2D eigenvalue weighted by Gasteiger charge is -2.59. The summed E-state index contributed by atoms with van der Waals surface area (Å²) < 4.78 is 29.0. The van der Waals surface area contributed by atoms with Crippen molar-refractivity contribution in [2.75, 3.05) is 19.8 Å². The van der Waals surface area contributed by atoms with E-state index in [0.29, 0.717) is 31.2 Å². The van der Waals surface area contributed by atoms with Gasteiger partial charge >= 0.3 is 12.1 Å². The summed E-state index contributed by atoms with van der Waals surface area (Å²) >= 11 is 0. The van der Waals surface area contributed by atoms with E-state index < -0.39 is 65.5 Å². The monoisotopic (exact) mass is 756 g/mol. The molecule has 54 heavy (non-hydrogen) atoms. The molecular weight excluding hydrogens is 704 g/mol. The number of nitrogens with zero attached hydrogens (tertiary/aromatic N) is 1. The Balaban J connectivity index is 1.06. The molecule has 1 aromatic carbocycles. The minimum atomic E-state index is -1.43. The first-order valence-electron chi connectivity index (χ1n) is 18.9. The van der Waals surface area contributed by atoms with Crippen molar-refractivity contribution >= 4 is 23.7 Å². The maximum Gasteiger partial charge on any atom is 0.514 e. The quantitative estimate of drug-likeness (QED) is 0.0857. The number of nitrogens with two attached hydrogens (primary N) is 1. The van der Waals surface area contributed by atoms with Gasteiger partial charge in [-0.2, -0.15) is 0 Å². The third-order valence-electron chi connectivity index (χ3n) is 12.4. The molecule has 6 rings (SSSR count). The highest BCUT2D eigenvalue weighted by Crippen LogP contribution is 2.69. The van der Waals surface area contributed by atoms with Crippen molar-refractivity contribution < 1.29 is 63.2 Å². The second-order valence-electron chi connectivity index (χ2n) is 15.6. The van der Waals surface area contributed by atoms with Crippen molar-refractivity contribution in [3.63, 3.8) is 0 Å². The molecule has 1 saturated heterocycles. The molecule has 0 spiro atoms. The summed E-state index contributed by atoms with van der Waals surface area (Å²) in [6.45, 7) is 5.63. The lowest BCUT2D eigenvalue weighted by atomic mass is 9.46. The summed E-state index contributed by atoms with van der Waals surface area (Å²) in [7, 11) is 0. The second-order valence-corrected chi connectivity index (χ2v) is 15.6.